The van der Waals surface area contributed by atoms with Crippen LogP contribution in [0.15, 0.2) is 30.5 Å². The molecule has 0 aliphatic carbocycles. The molecule has 2 rings (SSSR count). The van der Waals surface area contributed by atoms with Crippen LogP contribution in [0.3, 0.4) is 0 Å². The topological polar surface area (TPSA) is 26.2 Å². The minimum atomic E-state index is 0.543. The molecule has 0 bridgehead atoms. The molecule has 0 amide bonds. The summed E-state index contributed by atoms with van der Waals surface area (Å²) in [5, 5.41) is 4.84. The van der Waals surface area contributed by atoms with Crippen molar-refractivity contribution in [3.8, 4) is 0 Å². The highest BCUT2D eigenvalue weighted by Crippen LogP contribution is 2.21. The SMILES string of the molecule is COCCn1cc(CCNC(C)C)c2ccccc21. The molecular weight excluding hydrogens is 236 g/mol. The largest absolute Gasteiger partial charge is 0.383 e. The quantitative estimate of drug-likeness (QED) is 0.828. The minimum absolute atomic E-state index is 0.543. The molecule has 3 nitrogen and oxygen atoms in total. The van der Waals surface area contributed by atoms with Gasteiger partial charge < -0.3 is 14.6 Å². The van der Waals surface area contributed by atoms with Gasteiger partial charge in [-0.3, -0.25) is 0 Å². The average molecular weight is 260 g/mol. The minimum Gasteiger partial charge on any atom is -0.383 e. The summed E-state index contributed by atoms with van der Waals surface area (Å²) in [6, 6.07) is 9.15. The Labute approximate surface area is 115 Å². The number of nitrogens with zero attached hydrogens (tertiary/aromatic N) is 1. The summed E-state index contributed by atoms with van der Waals surface area (Å²) >= 11 is 0. The van der Waals surface area contributed by atoms with E-state index in [0.717, 1.165) is 26.1 Å². The molecule has 1 N–H and O–H groups in total. The molecule has 104 valence electrons. The number of hydrogen-bond donors (Lipinski definition) is 1. The van der Waals surface area contributed by atoms with Gasteiger partial charge in [-0.2, -0.15) is 0 Å². The molecule has 0 saturated heterocycles. The first-order valence-corrected chi connectivity index (χ1v) is 7.01. The first kappa shape index (κ1) is 14.1. The van der Waals surface area contributed by atoms with E-state index < -0.39 is 0 Å². The van der Waals surface area contributed by atoms with Crippen molar-refractivity contribution in [2.45, 2.75) is 32.9 Å². The van der Waals surface area contributed by atoms with E-state index in [-0.39, 0.29) is 0 Å². The molecule has 0 unspecified atom stereocenters. The van der Waals surface area contributed by atoms with Gasteiger partial charge in [-0.05, 0) is 24.6 Å². The van der Waals surface area contributed by atoms with E-state index in [2.05, 4.69) is 54.2 Å². The molecule has 0 atom stereocenters. The van der Waals surface area contributed by atoms with Gasteiger partial charge in [-0.25, -0.2) is 0 Å². The molecule has 1 heterocycles. The molecule has 3 heteroatoms. The fourth-order valence-corrected chi connectivity index (χ4v) is 2.39. The second-order valence-corrected chi connectivity index (χ2v) is 5.22. The van der Waals surface area contributed by atoms with Gasteiger partial charge in [-0.15, -0.1) is 0 Å². The normalized spacial score (nSPS) is 11.6. The lowest BCUT2D eigenvalue weighted by atomic mass is 10.1. The third-order valence-electron chi connectivity index (χ3n) is 3.35. The number of benzene rings is 1. The predicted molar refractivity (Wildman–Crippen MR) is 80.7 cm³/mol. The van der Waals surface area contributed by atoms with E-state index in [4.69, 9.17) is 4.74 Å². The maximum absolute atomic E-state index is 5.18. The van der Waals surface area contributed by atoms with Crippen molar-refractivity contribution in [2.75, 3.05) is 20.3 Å². The van der Waals surface area contributed by atoms with Gasteiger partial charge in [0.15, 0.2) is 0 Å². The van der Waals surface area contributed by atoms with Crippen LogP contribution in [0.5, 0.6) is 0 Å². The number of aromatic nitrogens is 1. The van der Waals surface area contributed by atoms with E-state index >= 15 is 0 Å². The van der Waals surface area contributed by atoms with Crippen LogP contribution in [0, 0.1) is 0 Å². The predicted octanol–water partition coefficient (Wildman–Crippen LogP) is 2.83. The number of methoxy groups -OCH3 is 1. The average Bonchev–Trinajstić information content (AvgIpc) is 2.75. The molecule has 1 aromatic heterocycles. The van der Waals surface area contributed by atoms with Crippen LogP contribution in [0.4, 0.5) is 0 Å². The highest BCUT2D eigenvalue weighted by Gasteiger charge is 2.07. The van der Waals surface area contributed by atoms with Crippen LogP contribution in [0.2, 0.25) is 0 Å². The van der Waals surface area contributed by atoms with Crippen LogP contribution in [-0.2, 0) is 17.7 Å². The summed E-state index contributed by atoms with van der Waals surface area (Å²) in [5.41, 5.74) is 2.72. The Balaban J connectivity index is 2.18. The van der Waals surface area contributed by atoms with Crippen molar-refractivity contribution >= 4 is 10.9 Å². The second kappa shape index (κ2) is 6.73. The third kappa shape index (κ3) is 3.58. The lowest BCUT2D eigenvalue weighted by molar-refractivity contribution is 0.188. The summed E-state index contributed by atoms with van der Waals surface area (Å²) in [7, 11) is 1.75. The number of fused-ring (bicyclic) bond motifs is 1. The first-order valence-electron chi connectivity index (χ1n) is 7.01. The van der Waals surface area contributed by atoms with Crippen molar-refractivity contribution in [1.29, 1.82) is 0 Å². The molecule has 0 aliphatic heterocycles. The van der Waals surface area contributed by atoms with Crippen molar-refractivity contribution in [3.63, 3.8) is 0 Å². The smallest absolute Gasteiger partial charge is 0.0641 e. The highest BCUT2D eigenvalue weighted by molar-refractivity contribution is 5.84. The maximum atomic E-state index is 5.18. The van der Waals surface area contributed by atoms with E-state index in [1.165, 1.54) is 16.5 Å². The third-order valence-corrected chi connectivity index (χ3v) is 3.35. The van der Waals surface area contributed by atoms with Gasteiger partial charge in [0.25, 0.3) is 0 Å². The number of nitrogens with one attached hydrogen (secondary N) is 1. The van der Waals surface area contributed by atoms with Gasteiger partial charge in [0.1, 0.15) is 0 Å². The number of ether oxygens (including phenoxy) is 1. The molecule has 0 aliphatic rings. The van der Waals surface area contributed by atoms with Crippen molar-refractivity contribution in [3.05, 3.63) is 36.0 Å². The van der Waals surface area contributed by atoms with Gasteiger partial charge in [0.2, 0.25) is 0 Å². The van der Waals surface area contributed by atoms with Crippen LogP contribution in [-0.4, -0.2) is 30.9 Å². The first-order chi connectivity index (χ1) is 9.22. The van der Waals surface area contributed by atoms with Crippen molar-refractivity contribution < 1.29 is 4.74 Å². The molecular formula is C16H24N2O. The zero-order chi connectivity index (χ0) is 13.7. The van der Waals surface area contributed by atoms with Crippen molar-refractivity contribution in [1.82, 2.24) is 9.88 Å². The summed E-state index contributed by atoms with van der Waals surface area (Å²) in [4.78, 5) is 0. The number of para-hydroxylation sites is 1. The maximum Gasteiger partial charge on any atom is 0.0641 e. The number of hydrogen-bond acceptors (Lipinski definition) is 2. The second-order valence-electron chi connectivity index (χ2n) is 5.22. The van der Waals surface area contributed by atoms with Crippen LogP contribution in [0.25, 0.3) is 10.9 Å². The van der Waals surface area contributed by atoms with E-state index in [1.54, 1.807) is 7.11 Å². The summed E-state index contributed by atoms with van der Waals surface area (Å²) in [6.07, 6.45) is 3.34. The Kier molecular flexibility index (Phi) is 5.00. The molecule has 2 aromatic rings. The molecule has 0 saturated carbocycles. The Bertz CT molecular complexity index is 516. The molecule has 0 spiro atoms. The number of rotatable bonds is 7. The fourth-order valence-electron chi connectivity index (χ4n) is 2.39. The lowest BCUT2D eigenvalue weighted by Gasteiger charge is -2.06. The lowest BCUT2D eigenvalue weighted by Crippen LogP contribution is -2.24. The standard InChI is InChI=1S/C16H24N2O/c1-13(2)17-9-8-14-12-18(10-11-19-3)16-7-5-4-6-15(14)16/h4-7,12-13,17H,8-11H2,1-3H3. The summed E-state index contributed by atoms with van der Waals surface area (Å²) < 4.78 is 7.48. The molecule has 1 aromatic carbocycles. The summed E-state index contributed by atoms with van der Waals surface area (Å²) in [6.45, 7) is 7.05. The van der Waals surface area contributed by atoms with Crippen LogP contribution >= 0.6 is 0 Å². The van der Waals surface area contributed by atoms with Crippen molar-refractivity contribution in [2.24, 2.45) is 0 Å². The zero-order valence-corrected chi connectivity index (χ0v) is 12.1. The molecule has 19 heavy (non-hydrogen) atoms. The van der Waals surface area contributed by atoms with Gasteiger partial charge in [0.05, 0.1) is 6.61 Å². The Hall–Kier alpha value is -1.32. The Morgan fingerprint density at radius 2 is 2.05 bits per heavy atom. The van der Waals surface area contributed by atoms with Gasteiger partial charge in [-0.1, -0.05) is 32.0 Å². The Morgan fingerprint density at radius 3 is 2.79 bits per heavy atom. The molecule has 0 radical (unpaired) electrons. The highest BCUT2D eigenvalue weighted by atomic mass is 16.5. The summed E-state index contributed by atoms with van der Waals surface area (Å²) in [5.74, 6) is 0. The molecule has 0 fully saturated rings. The van der Waals surface area contributed by atoms with Crippen LogP contribution in [0.1, 0.15) is 19.4 Å². The van der Waals surface area contributed by atoms with Crippen LogP contribution < -0.4 is 5.32 Å². The van der Waals surface area contributed by atoms with Gasteiger partial charge in [0, 0.05) is 36.8 Å². The van der Waals surface area contributed by atoms with E-state index in [9.17, 15) is 0 Å². The monoisotopic (exact) mass is 260 g/mol. The zero-order valence-electron chi connectivity index (χ0n) is 12.1. The van der Waals surface area contributed by atoms with E-state index in [1.807, 2.05) is 0 Å². The van der Waals surface area contributed by atoms with Gasteiger partial charge >= 0.3 is 0 Å². The fraction of sp³-hybridized carbons (Fsp3) is 0.500. The Morgan fingerprint density at radius 1 is 1.26 bits per heavy atom. The van der Waals surface area contributed by atoms with E-state index in [0.29, 0.717) is 6.04 Å².